The van der Waals surface area contributed by atoms with Gasteiger partial charge in [0.2, 0.25) is 0 Å². The second-order valence-corrected chi connectivity index (χ2v) is 9.02. The lowest BCUT2D eigenvalue weighted by atomic mass is 10.1. The van der Waals surface area contributed by atoms with Gasteiger partial charge in [0.1, 0.15) is 12.2 Å². The zero-order chi connectivity index (χ0) is 28.1. The van der Waals surface area contributed by atoms with Crippen molar-refractivity contribution in [1.29, 1.82) is 0 Å². The van der Waals surface area contributed by atoms with E-state index in [1.165, 1.54) is 43.5 Å². The van der Waals surface area contributed by atoms with Gasteiger partial charge >= 0.3 is 12.0 Å². The van der Waals surface area contributed by atoms with Crippen molar-refractivity contribution in [2.45, 2.75) is 13.5 Å². The van der Waals surface area contributed by atoms with Crippen LogP contribution in [-0.4, -0.2) is 37.5 Å². The minimum atomic E-state index is -0.924. The molecule has 1 heterocycles. The van der Waals surface area contributed by atoms with E-state index >= 15 is 0 Å². The summed E-state index contributed by atoms with van der Waals surface area (Å²) in [4.78, 5) is 51.1. The molecule has 0 unspecified atom stereocenters. The third-order valence-electron chi connectivity index (χ3n) is 5.60. The highest BCUT2D eigenvalue weighted by Crippen LogP contribution is 2.38. The molecule has 0 spiro atoms. The Morgan fingerprint density at radius 1 is 1.00 bits per heavy atom. The van der Waals surface area contributed by atoms with Crippen LogP contribution >= 0.6 is 23.2 Å². The Morgan fingerprint density at radius 3 is 2.33 bits per heavy atom. The minimum Gasteiger partial charge on any atom is -0.493 e. The number of carbonyl (C=O) groups is 4. The van der Waals surface area contributed by atoms with Crippen LogP contribution in [-0.2, 0) is 20.9 Å². The van der Waals surface area contributed by atoms with Crippen LogP contribution in [0.1, 0.15) is 28.4 Å². The van der Waals surface area contributed by atoms with Gasteiger partial charge in [-0.15, -0.1) is 0 Å². The van der Waals surface area contributed by atoms with Gasteiger partial charge in [0.15, 0.2) is 11.5 Å². The van der Waals surface area contributed by atoms with E-state index in [2.05, 4.69) is 5.32 Å². The molecular formula is C28H22Cl2N2O7. The molecule has 1 fully saturated rings. The summed E-state index contributed by atoms with van der Waals surface area (Å²) in [7, 11) is 1.43. The Labute approximate surface area is 233 Å². The molecule has 0 bridgehead atoms. The molecule has 1 aliphatic rings. The lowest BCUT2D eigenvalue weighted by molar-refractivity contribution is -0.122. The zero-order valence-electron chi connectivity index (χ0n) is 20.8. The number of imide groups is 2. The van der Waals surface area contributed by atoms with Gasteiger partial charge in [-0.05, 0) is 72.7 Å². The minimum absolute atomic E-state index is 0.158. The summed E-state index contributed by atoms with van der Waals surface area (Å²) in [6.07, 6.45) is 1.29. The van der Waals surface area contributed by atoms with Crippen LogP contribution in [0.5, 0.6) is 11.5 Å². The highest BCUT2D eigenvalue weighted by Gasteiger charge is 2.37. The van der Waals surface area contributed by atoms with E-state index in [4.69, 9.17) is 37.4 Å². The molecule has 9 nitrogen and oxygen atoms in total. The predicted molar refractivity (Wildman–Crippen MR) is 145 cm³/mol. The summed E-state index contributed by atoms with van der Waals surface area (Å²) in [6, 6.07) is 14.9. The standard InChI is InChI=1S/C28H22Cl2N2O7/c1-3-38-27(35)18-6-10-20(11-7-18)32-26(34)21(25(33)31-28(32)36)12-17-13-22(30)24(23(14-17)37-2)39-15-16-4-8-19(29)9-5-16/h4-14H,3,15H2,1-2H3,(H,31,33,36)/b21-12+. The molecule has 1 N–H and O–H groups in total. The SMILES string of the molecule is CCOC(=O)c1ccc(N2C(=O)NC(=O)/C(=C\c3cc(Cl)c(OCc4ccc(Cl)cc4)c(OC)c3)C2=O)cc1. The zero-order valence-corrected chi connectivity index (χ0v) is 22.3. The van der Waals surface area contributed by atoms with Gasteiger partial charge in [-0.1, -0.05) is 35.3 Å². The number of hydrogen-bond donors (Lipinski definition) is 1. The van der Waals surface area contributed by atoms with E-state index in [-0.39, 0.29) is 46.6 Å². The van der Waals surface area contributed by atoms with Crippen LogP contribution in [0.25, 0.3) is 6.08 Å². The molecule has 3 aromatic carbocycles. The van der Waals surface area contributed by atoms with Crippen LogP contribution in [0, 0.1) is 0 Å². The maximum atomic E-state index is 13.2. The van der Waals surface area contributed by atoms with Gasteiger partial charge in [0.25, 0.3) is 11.8 Å². The average Bonchev–Trinajstić information content (AvgIpc) is 2.91. The monoisotopic (exact) mass is 568 g/mol. The van der Waals surface area contributed by atoms with Crippen LogP contribution in [0.15, 0.2) is 66.2 Å². The summed E-state index contributed by atoms with van der Waals surface area (Å²) in [6.45, 7) is 2.08. The molecule has 200 valence electrons. The van der Waals surface area contributed by atoms with Crippen molar-refractivity contribution in [2.24, 2.45) is 0 Å². The van der Waals surface area contributed by atoms with Crippen molar-refractivity contribution in [3.63, 3.8) is 0 Å². The number of rotatable bonds is 8. The van der Waals surface area contributed by atoms with Gasteiger partial charge in [-0.25, -0.2) is 14.5 Å². The van der Waals surface area contributed by atoms with Crippen LogP contribution in [0.4, 0.5) is 10.5 Å². The topological polar surface area (TPSA) is 111 Å². The second kappa shape index (κ2) is 12.0. The average molecular weight is 569 g/mol. The second-order valence-electron chi connectivity index (χ2n) is 8.17. The maximum absolute atomic E-state index is 13.2. The number of nitrogens with one attached hydrogen (secondary N) is 1. The first-order valence-corrected chi connectivity index (χ1v) is 12.4. The van der Waals surface area contributed by atoms with E-state index < -0.39 is 23.8 Å². The maximum Gasteiger partial charge on any atom is 0.338 e. The Balaban J connectivity index is 1.60. The number of barbiturate groups is 1. The number of ether oxygens (including phenoxy) is 3. The van der Waals surface area contributed by atoms with E-state index in [9.17, 15) is 19.2 Å². The summed E-state index contributed by atoms with van der Waals surface area (Å²) in [5.41, 5.74) is 1.31. The molecule has 0 atom stereocenters. The molecule has 0 aromatic heterocycles. The summed E-state index contributed by atoms with van der Waals surface area (Å²) in [5.74, 6) is -1.72. The number of urea groups is 1. The molecule has 0 radical (unpaired) electrons. The van der Waals surface area contributed by atoms with E-state index in [1.54, 1.807) is 25.1 Å². The van der Waals surface area contributed by atoms with E-state index in [0.29, 0.717) is 10.6 Å². The third-order valence-corrected chi connectivity index (χ3v) is 6.13. The first-order valence-electron chi connectivity index (χ1n) is 11.6. The molecule has 0 aliphatic carbocycles. The number of esters is 1. The molecular weight excluding hydrogens is 547 g/mol. The van der Waals surface area contributed by atoms with Crippen molar-refractivity contribution in [3.05, 3.63) is 93.0 Å². The first kappa shape index (κ1) is 27.7. The Morgan fingerprint density at radius 2 is 1.69 bits per heavy atom. The first-order chi connectivity index (χ1) is 18.7. The van der Waals surface area contributed by atoms with Gasteiger partial charge in [0, 0.05) is 5.02 Å². The largest absolute Gasteiger partial charge is 0.493 e. The summed E-state index contributed by atoms with van der Waals surface area (Å²) < 4.78 is 16.2. The Hall–Kier alpha value is -4.34. The number of nitrogens with zero attached hydrogens (tertiary/aromatic N) is 1. The number of carbonyl (C=O) groups excluding carboxylic acids is 4. The quantitative estimate of drug-likeness (QED) is 0.219. The van der Waals surface area contributed by atoms with Crippen molar-refractivity contribution in [1.82, 2.24) is 5.32 Å². The molecule has 39 heavy (non-hydrogen) atoms. The summed E-state index contributed by atoms with van der Waals surface area (Å²) in [5, 5.41) is 2.93. The van der Waals surface area contributed by atoms with Crippen molar-refractivity contribution < 1.29 is 33.4 Å². The van der Waals surface area contributed by atoms with Gasteiger partial charge in [-0.3, -0.25) is 14.9 Å². The number of benzene rings is 3. The van der Waals surface area contributed by atoms with Crippen molar-refractivity contribution in [2.75, 3.05) is 18.6 Å². The Kier molecular flexibility index (Phi) is 8.53. The molecule has 3 aromatic rings. The number of hydrogen-bond acceptors (Lipinski definition) is 7. The van der Waals surface area contributed by atoms with Crippen LogP contribution < -0.4 is 19.7 Å². The Bertz CT molecular complexity index is 1470. The van der Waals surface area contributed by atoms with Crippen LogP contribution in [0.3, 0.4) is 0 Å². The fourth-order valence-electron chi connectivity index (χ4n) is 3.72. The third kappa shape index (κ3) is 6.22. The van der Waals surface area contributed by atoms with Gasteiger partial charge in [0.05, 0.1) is 30.0 Å². The molecule has 1 saturated heterocycles. The predicted octanol–water partition coefficient (Wildman–Crippen LogP) is 5.42. The normalized spacial score (nSPS) is 14.3. The molecule has 4 amide bonds. The number of amides is 4. The van der Waals surface area contributed by atoms with Crippen LogP contribution in [0.2, 0.25) is 10.0 Å². The summed E-state index contributed by atoms with van der Waals surface area (Å²) >= 11 is 12.4. The van der Waals surface area contributed by atoms with E-state index in [1.807, 2.05) is 12.1 Å². The van der Waals surface area contributed by atoms with Crippen molar-refractivity contribution in [3.8, 4) is 11.5 Å². The number of methoxy groups -OCH3 is 1. The fraction of sp³-hybridized carbons (Fsp3) is 0.143. The number of halogens is 2. The molecule has 4 rings (SSSR count). The molecule has 0 saturated carbocycles. The van der Waals surface area contributed by atoms with E-state index in [0.717, 1.165) is 10.5 Å². The van der Waals surface area contributed by atoms with Crippen molar-refractivity contribution >= 4 is 58.8 Å². The lowest BCUT2D eigenvalue weighted by Gasteiger charge is -2.26. The number of anilines is 1. The van der Waals surface area contributed by atoms with Gasteiger partial charge in [-0.2, -0.15) is 0 Å². The highest BCUT2D eigenvalue weighted by molar-refractivity contribution is 6.39. The smallest absolute Gasteiger partial charge is 0.338 e. The fourth-order valence-corrected chi connectivity index (χ4v) is 4.12. The molecule has 1 aliphatic heterocycles. The van der Waals surface area contributed by atoms with Gasteiger partial charge < -0.3 is 14.2 Å². The lowest BCUT2D eigenvalue weighted by Crippen LogP contribution is -2.54. The molecule has 11 heteroatoms. The highest BCUT2D eigenvalue weighted by atomic mass is 35.5.